The summed E-state index contributed by atoms with van der Waals surface area (Å²) in [4.78, 5) is 28.5. The van der Waals surface area contributed by atoms with Gasteiger partial charge in [-0.15, -0.1) is 0 Å². The molecule has 0 aliphatic rings. The van der Waals surface area contributed by atoms with Crippen molar-refractivity contribution in [3.63, 3.8) is 0 Å². The Labute approximate surface area is 181 Å². The van der Waals surface area contributed by atoms with Gasteiger partial charge in [0, 0.05) is 16.4 Å². The molecule has 30 heavy (non-hydrogen) atoms. The summed E-state index contributed by atoms with van der Waals surface area (Å²) < 4.78 is 11.4. The lowest BCUT2D eigenvalue weighted by Crippen LogP contribution is -2.17. The lowest BCUT2D eigenvalue weighted by Gasteiger charge is -2.10. The molecule has 0 aliphatic carbocycles. The van der Waals surface area contributed by atoms with Crippen molar-refractivity contribution in [3.05, 3.63) is 87.7 Å². The minimum Gasteiger partial charge on any atom is -0.493 e. The lowest BCUT2D eigenvalue weighted by molar-refractivity contribution is 0.0728. The molecule has 3 aromatic rings. The number of ether oxygens (including phenoxy) is 2. The quantitative estimate of drug-likeness (QED) is 0.254. The molecule has 3 rings (SSSR count). The maximum Gasteiger partial charge on any atom is 0.344 e. The molecular formula is C22H18BrN3O4. The van der Waals surface area contributed by atoms with Crippen LogP contribution in [0.25, 0.3) is 0 Å². The second-order valence-electron chi connectivity index (χ2n) is 6.17. The molecule has 0 bridgehead atoms. The Hall–Kier alpha value is -3.52. The summed E-state index contributed by atoms with van der Waals surface area (Å²) in [6.45, 7) is 1.84. The van der Waals surface area contributed by atoms with Crippen LogP contribution in [0.5, 0.6) is 11.5 Å². The topological polar surface area (TPSA) is 89.9 Å². The van der Waals surface area contributed by atoms with Crippen LogP contribution < -0.4 is 14.9 Å². The molecule has 1 heterocycles. The zero-order chi connectivity index (χ0) is 21.5. The predicted molar refractivity (Wildman–Crippen MR) is 116 cm³/mol. The van der Waals surface area contributed by atoms with Gasteiger partial charge in [-0.05, 0) is 70.9 Å². The van der Waals surface area contributed by atoms with E-state index in [1.54, 1.807) is 48.5 Å². The Morgan fingerprint density at radius 3 is 2.60 bits per heavy atom. The molecule has 2 aromatic carbocycles. The van der Waals surface area contributed by atoms with E-state index in [2.05, 4.69) is 31.4 Å². The molecular weight excluding hydrogens is 450 g/mol. The minimum absolute atomic E-state index is 0.269. The number of esters is 1. The van der Waals surface area contributed by atoms with Crippen molar-refractivity contribution in [3.8, 4) is 11.5 Å². The number of nitrogens with one attached hydrogen (secondary N) is 1. The summed E-state index contributed by atoms with van der Waals surface area (Å²) in [6, 6.07) is 15.3. The van der Waals surface area contributed by atoms with E-state index in [4.69, 9.17) is 9.47 Å². The van der Waals surface area contributed by atoms with Crippen molar-refractivity contribution in [1.82, 2.24) is 10.4 Å². The summed E-state index contributed by atoms with van der Waals surface area (Å²) in [5, 5.41) is 3.94. The fourth-order valence-electron chi connectivity index (χ4n) is 2.46. The first-order valence-electron chi connectivity index (χ1n) is 8.88. The van der Waals surface area contributed by atoms with Crippen molar-refractivity contribution in [2.45, 2.75) is 6.92 Å². The van der Waals surface area contributed by atoms with Gasteiger partial charge >= 0.3 is 5.97 Å². The highest BCUT2D eigenvalue weighted by atomic mass is 79.9. The highest BCUT2D eigenvalue weighted by molar-refractivity contribution is 9.10. The van der Waals surface area contributed by atoms with Crippen molar-refractivity contribution in [2.24, 2.45) is 5.10 Å². The van der Waals surface area contributed by atoms with Crippen LogP contribution in [0.3, 0.4) is 0 Å². The van der Waals surface area contributed by atoms with E-state index in [9.17, 15) is 9.59 Å². The summed E-state index contributed by atoms with van der Waals surface area (Å²) in [5.41, 5.74) is 4.72. The predicted octanol–water partition coefficient (Wildman–Crippen LogP) is 4.14. The summed E-state index contributed by atoms with van der Waals surface area (Å²) >= 11 is 3.33. The minimum atomic E-state index is -0.513. The molecule has 0 unspecified atom stereocenters. The number of hydrazone groups is 1. The number of carbonyl (C=O) groups excluding carboxylic acids is 2. The number of pyridine rings is 1. The summed E-state index contributed by atoms with van der Waals surface area (Å²) in [5.74, 6) is -0.260. The average molecular weight is 468 g/mol. The SMILES string of the molecule is COc1cc(/C=N/NC(=O)c2ccc(C)nc2)ccc1OC(=O)c1ccccc1Br. The highest BCUT2D eigenvalue weighted by Gasteiger charge is 2.15. The van der Waals surface area contributed by atoms with Crippen LogP contribution in [0.1, 0.15) is 32.0 Å². The Kier molecular flexibility index (Phi) is 6.92. The maximum absolute atomic E-state index is 12.4. The zero-order valence-corrected chi connectivity index (χ0v) is 17.8. The van der Waals surface area contributed by atoms with E-state index >= 15 is 0 Å². The van der Waals surface area contributed by atoms with Crippen LogP contribution in [0, 0.1) is 6.92 Å². The first-order chi connectivity index (χ1) is 14.5. The van der Waals surface area contributed by atoms with E-state index < -0.39 is 5.97 Å². The summed E-state index contributed by atoms with van der Waals surface area (Å²) in [7, 11) is 1.47. The molecule has 1 aromatic heterocycles. The number of halogens is 1. The van der Waals surface area contributed by atoms with Gasteiger partial charge in [0.15, 0.2) is 11.5 Å². The average Bonchev–Trinajstić information content (AvgIpc) is 2.75. The molecule has 0 spiro atoms. The third-order valence-corrected chi connectivity index (χ3v) is 4.73. The van der Waals surface area contributed by atoms with Gasteiger partial charge in [0.05, 0.1) is 24.5 Å². The van der Waals surface area contributed by atoms with Crippen molar-refractivity contribution >= 4 is 34.0 Å². The van der Waals surface area contributed by atoms with Gasteiger partial charge in [0.25, 0.3) is 5.91 Å². The highest BCUT2D eigenvalue weighted by Crippen LogP contribution is 2.29. The molecule has 1 amide bonds. The molecule has 0 aliphatic heterocycles. The zero-order valence-electron chi connectivity index (χ0n) is 16.3. The number of aryl methyl sites for hydroxylation is 1. The normalized spacial score (nSPS) is 10.6. The molecule has 0 fully saturated rings. The second kappa shape index (κ2) is 9.80. The lowest BCUT2D eigenvalue weighted by atomic mass is 10.2. The van der Waals surface area contributed by atoms with Gasteiger partial charge in [-0.3, -0.25) is 9.78 Å². The third-order valence-electron chi connectivity index (χ3n) is 4.04. The number of hydrogen-bond acceptors (Lipinski definition) is 6. The van der Waals surface area contributed by atoms with Crippen molar-refractivity contribution < 1.29 is 19.1 Å². The Morgan fingerprint density at radius 2 is 1.90 bits per heavy atom. The van der Waals surface area contributed by atoms with Crippen LogP contribution in [-0.4, -0.2) is 30.2 Å². The van der Waals surface area contributed by atoms with E-state index in [0.29, 0.717) is 26.9 Å². The standard InChI is InChI=1S/C22H18BrN3O4/c1-14-7-9-16(13-24-14)21(27)26-25-12-15-8-10-19(20(11-15)29-2)30-22(28)17-5-3-4-6-18(17)23/h3-13H,1-2H3,(H,26,27)/b25-12+. The first kappa shape index (κ1) is 21.2. The van der Waals surface area contributed by atoms with Crippen LogP contribution in [-0.2, 0) is 0 Å². The van der Waals surface area contributed by atoms with Gasteiger partial charge < -0.3 is 9.47 Å². The number of carbonyl (C=O) groups is 2. The van der Waals surface area contributed by atoms with E-state index in [-0.39, 0.29) is 11.7 Å². The summed E-state index contributed by atoms with van der Waals surface area (Å²) in [6.07, 6.45) is 2.94. The van der Waals surface area contributed by atoms with Gasteiger partial charge in [0.2, 0.25) is 0 Å². The van der Waals surface area contributed by atoms with Crippen LogP contribution in [0.4, 0.5) is 0 Å². The molecule has 7 nitrogen and oxygen atoms in total. The Morgan fingerprint density at radius 1 is 1.10 bits per heavy atom. The van der Waals surface area contributed by atoms with Crippen LogP contribution in [0.2, 0.25) is 0 Å². The van der Waals surface area contributed by atoms with E-state index in [1.807, 2.05) is 13.0 Å². The fourth-order valence-corrected chi connectivity index (χ4v) is 2.91. The molecule has 0 saturated carbocycles. The van der Waals surface area contributed by atoms with Crippen LogP contribution in [0.15, 0.2) is 70.4 Å². The van der Waals surface area contributed by atoms with Crippen LogP contribution >= 0.6 is 15.9 Å². The van der Waals surface area contributed by atoms with Crippen molar-refractivity contribution in [1.29, 1.82) is 0 Å². The largest absolute Gasteiger partial charge is 0.493 e. The number of amides is 1. The van der Waals surface area contributed by atoms with Gasteiger partial charge in [0.1, 0.15) is 0 Å². The molecule has 0 saturated heterocycles. The van der Waals surface area contributed by atoms with Gasteiger partial charge in [-0.2, -0.15) is 5.10 Å². The number of nitrogens with zero attached hydrogens (tertiary/aromatic N) is 2. The van der Waals surface area contributed by atoms with E-state index in [0.717, 1.165) is 5.69 Å². The third kappa shape index (κ3) is 5.30. The fraction of sp³-hybridized carbons (Fsp3) is 0.0909. The number of methoxy groups -OCH3 is 1. The maximum atomic E-state index is 12.4. The Balaban J connectivity index is 1.68. The van der Waals surface area contributed by atoms with Crippen molar-refractivity contribution in [2.75, 3.05) is 7.11 Å². The van der Waals surface area contributed by atoms with E-state index in [1.165, 1.54) is 19.5 Å². The smallest absolute Gasteiger partial charge is 0.344 e. The van der Waals surface area contributed by atoms with Gasteiger partial charge in [-0.1, -0.05) is 12.1 Å². The number of rotatable bonds is 6. The molecule has 152 valence electrons. The number of aromatic nitrogens is 1. The second-order valence-corrected chi connectivity index (χ2v) is 7.02. The Bertz CT molecular complexity index is 1100. The first-order valence-corrected chi connectivity index (χ1v) is 9.68. The number of benzene rings is 2. The number of hydrogen-bond donors (Lipinski definition) is 1. The molecule has 8 heteroatoms. The molecule has 0 atom stereocenters. The molecule has 1 N–H and O–H groups in total. The monoisotopic (exact) mass is 467 g/mol. The molecule has 0 radical (unpaired) electrons. The van der Waals surface area contributed by atoms with Gasteiger partial charge in [-0.25, -0.2) is 10.2 Å².